The number of nitrogens with one attached hydrogen (secondary N) is 1. The van der Waals surface area contributed by atoms with Crippen molar-refractivity contribution in [3.05, 3.63) is 20.6 Å². The van der Waals surface area contributed by atoms with E-state index in [4.69, 9.17) is 4.74 Å². The number of hydrogen-bond donors (Lipinski definition) is 1. The van der Waals surface area contributed by atoms with Gasteiger partial charge in [0.1, 0.15) is 16.1 Å². The van der Waals surface area contributed by atoms with Crippen molar-refractivity contribution in [3.63, 3.8) is 0 Å². The smallest absolute Gasteiger partial charge is 0.273 e. The lowest BCUT2D eigenvalue weighted by Crippen LogP contribution is -2.43. The fraction of sp³-hybridized carbons (Fsp3) is 0.739. The Morgan fingerprint density at radius 1 is 1.21 bits per heavy atom. The fourth-order valence-corrected chi connectivity index (χ4v) is 6.77. The molecule has 2 aliphatic carbocycles. The highest BCUT2D eigenvalue weighted by atomic mass is 32.1. The third-order valence-electron chi connectivity index (χ3n) is 7.05. The summed E-state index contributed by atoms with van der Waals surface area (Å²) in [5.41, 5.74) is 1.05. The molecule has 0 spiro atoms. The van der Waals surface area contributed by atoms with Crippen molar-refractivity contribution < 1.29 is 18.3 Å². The molecule has 3 heterocycles. The van der Waals surface area contributed by atoms with E-state index in [1.807, 2.05) is 6.92 Å². The SMILES string of the molecule is Cc1nnc(CC(=O)NC2CCC(CCN3CCc4sc(OC5CC(F)(F)C5)nc4C3)CC2)s1. The number of ether oxygens (including phenoxy) is 1. The summed E-state index contributed by atoms with van der Waals surface area (Å²) in [7, 11) is 0. The summed E-state index contributed by atoms with van der Waals surface area (Å²) in [6.07, 6.45) is 5.98. The van der Waals surface area contributed by atoms with Crippen molar-refractivity contribution in [2.45, 2.75) is 89.3 Å². The predicted octanol–water partition coefficient (Wildman–Crippen LogP) is 4.15. The number of thiazole rings is 1. The zero-order valence-corrected chi connectivity index (χ0v) is 21.0. The first-order chi connectivity index (χ1) is 16.3. The number of aromatic nitrogens is 3. The van der Waals surface area contributed by atoms with E-state index in [0.717, 1.165) is 73.9 Å². The molecule has 1 amide bonds. The summed E-state index contributed by atoms with van der Waals surface area (Å²) in [4.78, 5) is 20.6. The number of halogens is 2. The second kappa shape index (κ2) is 10.1. The molecule has 1 N–H and O–H groups in total. The van der Waals surface area contributed by atoms with Gasteiger partial charge in [0.15, 0.2) is 0 Å². The molecule has 0 unspecified atom stereocenters. The van der Waals surface area contributed by atoms with Crippen LogP contribution in [0, 0.1) is 12.8 Å². The van der Waals surface area contributed by atoms with E-state index < -0.39 is 12.0 Å². The molecule has 0 saturated heterocycles. The summed E-state index contributed by atoms with van der Waals surface area (Å²) < 4.78 is 31.8. The van der Waals surface area contributed by atoms with Crippen molar-refractivity contribution in [2.75, 3.05) is 13.1 Å². The fourth-order valence-electron chi connectivity index (χ4n) is 5.09. The third-order valence-corrected chi connectivity index (χ3v) is 8.94. The Labute approximate surface area is 206 Å². The standard InChI is InChI=1S/C23H31F2N5O2S2/c1-14-28-29-21(33-14)10-20(31)26-16-4-2-15(3-5-16)6-8-30-9-7-19-18(13-30)27-22(34-19)32-17-11-23(24,25)12-17/h15-17H,2-13H2,1H3,(H,26,31). The number of carbonyl (C=O) groups is 1. The normalized spacial score (nSPS) is 24.9. The monoisotopic (exact) mass is 511 g/mol. The maximum atomic E-state index is 13.0. The van der Waals surface area contributed by atoms with Crippen LogP contribution in [-0.2, 0) is 24.2 Å². The van der Waals surface area contributed by atoms with Gasteiger partial charge in [0.2, 0.25) is 5.91 Å². The Morgan fingerprint density at radius 2 is 2.00 bits per heavy atom. The molecule has 3 aliphatic rings. The van der Waals surface area contributed by atoms with Crippen LogP contribution in [0.5, 0.6) is 5.19 Å². The maximum Gasteiger partial charge on any atom is 0.273 e. The summed E-state index contributed by atoms with van der Waals surface area (Å²) in [6.45, 7) is 4.76. The Bertz CT molecular complexity index is 997. The molecule has 0 bridgehead atoms. The van der Waals surface area contributed by atoms with Gasteiger partial charge in [-0.05, 0) is 57.9 Å². The minimum Gasteiger partial charge on any atom is -0.466 e. The van der Waals surface area contributed by atoms with E-state index in [-0.39, 0.29) is 24.8 Å². The number of nitrogens with zero attached hydrogens (tertiary/aromatic N) is 4. The van der Waals surface area contributed by atoms with Gasteiger partial charge in [-0.15, -0.1) is 21.5 Å². The van der Waals surface area contributed by atoms with E-state index in [2.05, 4.69) is 25.4 Å². The topological polar surface area (TPSA) is 80.2 Å². The minimum absolute atomic E-state index is 0.0429. The zero-order chi connectivity index (χ0) is 23.7. The van der Waals surface area contributed by atoms with Crippen LogP contribution >= 0.6 is 22.7 Å². The lowest BCUT2D eigenvalue weighted by atomic mass is 9.84. The van der Waals surface area contributed by atoms with Gasteiger partial charge in [-0.3, -0.25) is 9.69 Å². The van der Waals surface area contributed by atoms with E-state index in [1.165, 1.54) is 27.6 Å². The number of alkyl halides is 2. The van der Waals surface area contributed by atoms with E-state index >= 15 is 0 Å². The second-order valence-corrected chi connectivity index (χ2v) is 12.2. The van der Waals surface area contributed by atoms with Gasteiger partial charge in [-0.1, -0.05) is 11.3 Å². The molecule has 0 atom stereocenters. The van der Waals surface area contributed by atoms with Crippen molar-refractivity contribution >= 4 is 28.6 Å². The molecular formula is C23H31F2N5O2S2. The van der Waals surface area contributed by atoms with Crippen LogP contribution in [0.4, 0.5) is 8.78 Å². The van der Waals surface area contributed by atoms with Crippen LogP contribution in [-0.4, -0.2) is 57.1 Å². The van der Waals surface area contributed by atoms with Gasteiger partial charge in [0.25, 0.3) is 11.1 Å². The molecule has 5 rings (SSSR count). The van der Waals surface area contributed by atoms with Gasteiger partial charge >= 0.3 is 0 Å². The number of amides is 1. The minimum atomic E-state index is -2.57. The molecule has 2 saturated carbocycles. The molecule has 11 heteroatoms. The first-order valence-electron chi connectivity index (χ1n) is 12.1. The third kappa shape index (κ3) is 6.09. The van der Waals surface area contributed by atoms with Gasteiger partial charge < -0.3 is 10.1 Å². The largest absolute Gasteiger partial charge is 0.466 e. The summed E-state index contributed by atoms with van der Waals surface area (Å²) in [5.74, 6) is -1.84. The van der Waals surface area contributed by atoms with E-state index in [1.54, 1.807) is 0 Å². The summed E-state index contributed by atoms with van der Waals surface area (Å²) >= 11 is 3.00. The highest BCUT2D eigenvalue weighted by Gasteiger charge is 2.47. The molecule has 1 aliphatic heterocycles. The van der Waals surface area contributed by atoms with Crippen molar-refractivity contribution in [1.29, 1.82) is 0 Å². The highest BCUT2D eigenvalue weighted by molar-refractivity contribution is 7.13. The molecule has 2 aromatic heterocycles. The number of carbonyl (C=O) groups excluding carboxylic acids is 1. The molecular weight excluding hydrogens is 480 g/mol. The van der Waals surface area contributed by atoms with Gasteiger partial charge in [-0.2, -0.15) is 0 Å². The second-order valence-electron chi connectivity index (χ2n) is 9.85. The highest BCUT2D eigenvalue weighted by Crippen LogP contribution is 2.41. The molecule has 0 radical (unpaired) electrons. The Morgan fingerprint density at radius 3 is 2.71 bits per heavy atom. The molecule has 34 heavy (non-hydrogen) atoms. The average molecular weight is 512 g/mol. The van der Waals surface area contributed by atoms with Crippen LogP contribution in [0.2, 0.25) is 0 Å². The van der Waals surface area contributed by atoms with Crippen LogP contribution in [0.25, 0.3) is 0 Å². The van der Waals surface area contributed by atoms with Crippen molar-refractivity contribution in [2.24, 2.45) is 5.92 Å². The molecule has 0 aromatic carbocycles. The molecule has 7 nitrogen and oxygen atoms in total. The first-order valence-corrected chi connectivity index (χ1v) is 13.8. The number of rotatable bonds is 8. The molecule has 2 fully saturated rings. The predicted molar refractivity (Wildman–Crippen MR) is 127 cm³/mol. The molecule has 186 valence electrons. The zero-order valence-electron chi connectivity index (χ0n) is 19.4. The van der Waals surface area contributed by atoms with Crippen molar-refractivity contribution in [1.82, 2.24) is 25.4 Å². The van der Waals surface area contributed by atoms with Gasteiger partial charge in [0, 0.05) is 36.9 Å². The van der Waals surface area contributed by atoms with E-state index in [0.29, 0.717) is 17.5 Å². The number of fused-ring (bicyclic) bond motifs is 1. The molecule has 2 aromatic rings. The van der Waals surface area contributed by atoms with Crippen LogP contribution in [0.3, 0.4) is 0 Å². The first kappa shape index (κ1) is 24.0. The van der Waals surface area contributed by atoms with Crippen molar-refractivity contribution in [3.8, 4) is 5.19 Å². The van der Waals surface area contributed by atoms with Crippen LogP contribution in [0.1, 0.15) is 65.5 Å². The van der Waals surface area contributed by atoms with Gasteiger partial charge in [0.05, 0.1) is 12.1 Å². The Hall–Kier alpha value is -1.72. The quantitative estimate of drug-likeness (QED) is 0.574. The average Bonchev–Trinajstić information content (AvgIpc) is 3.36. The Balaban J connectivity index is 1.00. The lowest BCUT2D eigenvalue weighted by molar-refractivity contribution is -0.134. The maximum absolute atomic E-state index is 13.0. The number of hydrogen-bond acceptors (Lipinski definition) is 8. The van der Waals surface area contributed by atoms with Crippen LogP contribution in [0.15, 0.2) is 0 Å². The Kier molecular flexibility index (Phi) is 7.13. The summed E-state index contributed by atoms with van der Waals surface area (Å²) in [5, 5.41) is 13.4. The lowest BCUT2D eigenvalue weighted by Gasteiger charge is -2.33. The number of aryl methyl sites for hydroxylation is 1. The summed E-state index contributed by atoms with van der Waals surface area (Å²) in [6, 6.07) is 0.263. The van der Waals surface area contributed by atoms with Gasteiger partial charge in [-0.25, -0.2) is 13.8 Å². The van der Waals surface area contributed by atoms with E-state index in [9.17, 15) is 13.6 Å². The van der Waals surface area contributed by atoms with Crippen LogP contribution < -0.4 is 10.1 Å².